The molecule has 1 aromatic heterocycles. The fraction of sp³-hybridized carbons (Fsp3) is 0.684. The van der Waals surface area contributed by atoms with Crippen molar-refractivity contribution in [3.63, 3.8) is 0 Å². The van der Waals surface area contributed by atoms with E-state index in [2.05, 4.69) is 17.1 Å². The third kappa shape index (κ3) is 4.42. The van der Waals surface area contributed by atoms with Gasteiger partial charge in [-0.05, 0) is 63.6 Å². The lowest BCUT2D eigenvalue weighted by atomic mass is 9.99. The molecule has 1 aliphatic heterocycles. The molecule has 0 atom stereocenters. The first-order chi connectivity index (χ1) is 12.1. The van der Waals surface area contributed by atoms with Crippen LogP contribution in [0.3, 0.4) is 0 Å². The van der Waals surface area contributed by atoms with Gasteiger partial charge < -0.3 is 15.0 Å². The van der Waals surface area contributed by atoms with Crippen LogP contribution in [0.15, 0.2) is 0 Å². The fourth-order valence-corrected chi connectivity index (χ4v) is 4.94. The Bertz CT molecular complexity index is 633. The van der Waals surface area contributed by atoms with Crippen molar-refractivity contribution in [1.29, 1.82) is 0 Å². The Kier molecular flexibility index (Phi) is 6.12. The second-order valence-corrected chi connectivity index (χ2v) is 8.21. The number of anilines is 1. The molecule has 2 heterocycles. The Morgan fingerprint density at radius 1 is 1.28 bits per heavy atom. The molecule has 6 heteroatoms. The average molecular weight is 365 g/mol. The monoisotopic (exact) mass is 364 g/mol. The van der Waals surface area contributed by atoms with Gasteiger partial charge in [0.15, 0.2) is 0 Å². The van der Waals surface area contributed by atoms with Crippen LogP contribution in [-0.4, -0.2) is 43.0 Å². The fourth-order valence-electron chi connectivity index (χ4n) is 3.65. The van der Waals surface area contributed by atoms with Crippen LogP contribution in [0.2, 0.25) is 0 Å². The maximum atomic E-state index is 12.4. The molecular weight excluding hydrogens is 336 g/mol. The summed E-state index contributed by atoms with van der Waals surface area (Å²) in [7, 11) is 0. The lowest BCUT2D eigenvalue weighted by molar-refractivity contribution is -0.116. The van der Waals surface area contributed by atoms with E-state index in [0.717, 1.165) is 50.4 Å². The van der Waals surface area contributed by atoms with Crippen molar-refractivity contribution in [2.24, 2.45) is 5.92 Å². The molecule has 0 radical (unpaired) electrons. The summed E-state index contributed by atoms with van der Waals surface area (Å²) in [6.45, 7) is 7.40. The summed E-state index contributed by atoms with van der Waals surface area (Å²) in [5.74, 6) is 0.483. The number of rotatable bonds is 6. The number of nitrogens with zero attached hydrogens (tertiary/aromatic N) is 1. The molecule has 1 aromatic rings. The van der Waals surface area contributed by atoms with Crippen molar-refractivity contribution in [2.75, 3.05) is 31.6 Å². The van der Waals surface area contributed by atoms with Crippen LogP contribution in [-0.2, 0) is 22.4 Å². The first kappa shape index (κ1) is 18.4. The number of fused-ring (bicyclic) bond motifs is 1. The van der Waals surface area contributed by atoms with E-state index in [1.807, 2.05) is 6.92 Å². The SMILES string of the molecule is CCOC(=O)c1c(NC(=O)CCN2CCC(C)CC2)sc2c1CCC2. The summed E-state index contributed by atoms with van der Waals surface area (Å²) in [4.78, 5) is 28.3. The van der Waals surface area contributed by atoms with Crippen LogP contribution in [0.25, 0.3) is 0 Å². The number of carbonyl (C=O) groups is 2. The minimum absolute atomic E-state index is 0.0101. The molecule has 0 bridgehead atoms. The van der Waals surface area contributed by atoms with Gasteiger partial charge in [-0.3, -0.25) is 4.79 Å². The first-order valence-corrected chi connectivity index (χ1v) is 10.2. The zero-order valence-electron chi connectivity index (χ0n) is 15.2. The van der Waals surface area contributed by atoms with Crippen molar-refractivity contribution < 1.29 is 14.3 Å². The zero-order chi connectivity index (χ0) is 17.8. The number of hydrogen-bond acceptors (Lipinski definition) is 5. The van der Waals surface area contributed by atoms with E-state index in [-0.39, 0.29) is 11.9 Å². The summed E-state index contributed by atoms with van der Waals surface area (Å²) in [6, 6.07) is 0. The average Bonchev–Trinajstić information content (AvgIpc) is 3.15. The van der Waals surface area contributed by atoms with Crippen molar-refractivity contribution in [3.8, 4) is 0 Å². The van der Waals surface area contributed by atoms with Crippen molar-refractivity contribution in [1.82, 2.24) is 4.90 Å². The molecule has 1 saturated heterocycles. The summed E-state index contributed by atoms with van der Waals surface area (Å²) in [5.41, 5.74) is 1.68. The van der Waals surface area contributed by atoms with E-state index in [1.165, 1.54) is 17.7 Å². The molecule has 1 aliphatic carbocycles. The molecule has 2 aliphatic rings. The largest absolute Gasteiger partial charge is 0.462 e. The lowest BCUT2D eigenvalue weighted by Gasteiger charge is -2.29. The molecule has 3 rings (SSSR count). The number of hydrogen-bond donors (Lipinski definition) is 1. The van der Waals surface area contributed by atoms with Crippen LogP contribution >= 0.6 is 11.3 Å². The second-order valence-electron chi connectivity index (χ2n) is 7.10. The molecule has 1 fully saturated rings. The highest BCUT2D eigenvalue weighted by molar-refractivity contribution is 7.17. The van der Waals surface area contributed by atoms with Gasteiger partial charge in [0, 0.05) is 17.8 Å². The molecule has 0 saturated carbocycles. The van der Waals surface area contributed by atoms with Gasteiger partial charge in [-0.2, -0.15) is 0 Å². The minimum atomic E-state index is -0.304. The molecule has 0 spiro atoms. The van der Waals surface area contributed by atoms with Crippen molar-refractivity contribution >= 4 is 28.2 Å². The van der Waals surface area contributed by atoms with Crippen LogP contribution in [0.1, 0.15) is 60.3 Å². The number of thiophene rings is 1. The van der Waals surface area contributed by atoms with E-state index in [0.29, 0.717) is 23.6 Å². The number of aryl methyl sites for hydroxylation is 1. The summed E-state index contributed by atoms with van der Waals surface area (Å²) >= 11 is 1.55. The van der Waals surface area contributed by atoms with Gasteiger partial charge in [0.2, 0.25) is 5.91 Å². The van der Waals surface area contributed by atoms with E-state index in [9.17, 15) is 9.59 Å². The smallest absolute Gasteiger partial charge is 0.341 e. The maximum absolute atomic E-state index is 12.4. The summed E-state index contributed by atoms with van der Waals surface area (Å²) in [5, 5.41) is 3.66. The van der Waals surface area contributed by atoms with E-state index in [4.69, 9.17) is 4.74 Å². The van der Waals surface area contributed by atoms with E-state index >= 15 is 0 Å². The quantitative estimate of drug-likeness (QED) is 0.785. The predicted molar refractivity (Wildman–Crippen MR) is 100 cm³/mol. The molecule has 1 N–H and O–H groups in total. The van der Waals surface area contributed by atoms with E-state index < -0.39 is 0 Å². The number of piperidine rings is 1. The predicted octanol–water partition coefficient (Wildman–Crippen LogP) is 3.47. The normalized spacial score (nSPS) is 18.2. The highest BCUT2D eigenvalue weighted by Crippen LogP contribution is 2.39. The lowest BCUT2D eigenvalue weighted by Crippen LogP contribution is -2.35. The minimum Gasteiger partial charge on any atom is -0.462 e. The zero-order valence-corrected chi connectivity index (χ0v) is 16.0. The summed E-state index contributed by atoms with van der Waals surface area (Å²) < 4.78 is 5.21. The Morgan fingerprint density at radius 3 is 2.76 bits per heavy atom. The Balaban J connectivity index is 1.60. The van der Waals surface area contributed by atoms with Crippen LogP contribution in [0, 0.1) is 5.92 Å². The number of esters is 1. The molecule has 0 aromatic carbocycles. The molecule has 138 valence electrons. The highest BCUT2D eigenvalue weighted by atomic mass is 32.1. The topological polar surface area (TPSA) is 58.6 Å². The molecule has 5 nitrogen and oxygen atoms in total. The Morgan fingerprint density at radius 2 is 2.04 bits per heavy atom. The van der Waals surface area contributed by atoms with Gasteiger partial charge in [-0.1, -0.05) is 6.92 Å². The van der Waals surface area contributed by atoms with Crippen LogP contribution < -0.4 is 5.32 Å². The number of nitrogens with one attached hydrogen (secondary N) is 1. The summed E-state index contributed by atoms with van der Waals surface area (Å²) in [6.07, 6.45) is 5.88. The molecule has 25 heavy (non-hydrogen) atoms. The van der Waals surface area contributed by atoms with Crippen molar-refractivity contribution in [3.05, 3.63) is 16.0 Å². The van der Waals surface area contributed by atoms with Gasteiger partial charge in [0.1, 0.15) is 5.00 Å². The third-order valence-electron chi connectivity index (χ3n) is 5.19. The van der Waals surface area contributed by atoms with Gasteiger partial charge in [-0.15, -0.1) is 11.3 Å². The van der Waals surface area contributed by atoms with Gasteiger partial charge in [-0.25, -0.2) is 4.79 Å². The second kappa shape index (κ2) is 8.32. The molecule has 1 amide bonds. The Hall–Kier alpha value is -1.40. The molecule has 0 unspecified atom stereocenters. The van der Waals surface area contributed by atoms with Crippen LogP contribution in [0.5, 0.6) is 0 Å². The van der Waals surface area contributed by atoms with Crippen LogP contribution in [0.4, 0.5) is 5.00 Å². The van der Waals surface area contributed by atoms with E-state index in [1.54, 1.807) is 11.3 Å². The van der Waals surface area contributed by atoms with Gasteiger partial charge >= 0.3 is 5.97 Å². The standard InChI is InChI=1S/C19H28N2O3S/c1-3-24-19(23)17-14-5-4-6-15(14)25-18(17)20-16(22)9-12-21-10-7-13(2)8-11-21/h13H,3-12H2,1-2H3,(H,20,22). The maximum Gasteiger partial charge on any atom is 0.341 e. The van der Waals surface area contributed by atoms with Gasteiger partial charge in [0.25, 0.3) is 0 Å². The highest BCUT2D eigenvalue weighted by Gasteiger charge is 2.28. The van der Waals surface area contributed by atoms with Crippen molar-refractivity contribution in [2.45, 2.75) is 52.4 Å². The number of amides is 1. The third-order valence-corrected chi connectivity index (χ3v) is 6.39. The number of likely N-dealkylation sites (tertiary alicyclic amines) is 1. The first-order valence-electron chi connectivity index (χ1n) is 9.42. The number of carbonyl (C=O) groups excluding carboxylic acids is 2. The van der Waals surface area contributed by atoms with Gasteiger partial charge in [0.05, 0.1) is 12.2 Å². The molecular formula is C19H28N2O3S. The Labute approximate surface area is 153 Å². The number of ether oxygens (including phenoxy) is 1.